The van der Waals surface area contributed by atoms with Crippen molar-refractivity contribution in [3.8, 4) is 0 Å². The van der Waals surface area contributed by atoms with Crippen molar-refractivity contribution in [3.05, 3.63) is 0 Å². The number of rotatable bonds is 7. The number of nitrogens with one attached hydrogen (secondary N) is 1. The number of hydrogen-bond donors (Lipinski definition) is 2. The lowest BCUT2D eigenvalue weighted by Crippen LogP contribution is -2.55. The van der Waals surface area contributed by atoms with Gasteiger partial charge in [-0.05, 0) is 33.2 Å². The molecule has 1 aliphatic rings. The molecule has 1 aliphatic heterocycles. The number of hydrogen-bond acceptors (Lipinski definition) is 4. The van der Waals surface area contributed by atoms with Crippen LogP contribution >= 0.6 is 0 Å². The Hall–Kier alpha value is -0.460. The Kier molecular flexibility index (Phi) is 6.42. The summed E-state index contributed by atoms with van der Waals surface area (Å²) in [7, 11) is -0.688. The zero-order valence-electron chi connectivity index (χ0n) is 12.1. The Balaban J connectivity index is 2.58. The molecule has 19 heavy (non-hydrogen) atoms. The van der Waals surface area contributed by atoms with Crippen molar-refractivity contribution in [1.29, 1.82) is 0 Å². The minimum atomic E-state index is -0.883. The quantitative estimate of drug-likeness (QED) is 0.721. The SMILES string of the molecule is CCCNC(C)(CC(C)N1CCS(=O)CC1)C(=O)O. The number of carboxylic acids is 1. The lowest BCUT2D eigenvalue weighted by Gasteiger charge is -2.37. The molecule has 0 aliphatic carbocycles. The summed E-state index contributed by atoms with van der Waals surface area (Å²) in [5.74, 6) is 0.612. The first-order valence-corrected chi connectivity index (χ1v) is 8.45. The van der Waals surface area contributed by atoms with E-state index in [4.69, 9.17) is 0 Å². The summed E-state index contributed by atoms with van der Waals surface area (Å²) in [5, 5.41) is 12.6. The Labute approximate surface area is 118 Å². The van der Waals surface area contributed by atoms with Crippen molar-refractivity contribution in [1.82, 2.24) is 10.2 Å². The van der Waals surface area contributed by atoms with Gasteiger partial charge in [0.05, 0.1) is 0 Å². The Bertz CT molecular complexity index is 328. The number of nitrogens with zero attached hydrogens (tertiary/aromatic N) is 1. The highest BCUT2D eigenvalue weighted by molar-refractivity contribution is 7.85. The van der Waals surface area contributed by atoms with Crippen LogP contribution in [0.4, 0.5) is 0 Å². The van der Waals surface area contributed by atoms with Gasteiger partial charge in [-0.2, -0.15) is 0 Å². The molecule has 1 saturated heterocycles. The summed E-state index contributed by atoms with van der Waals surface area (Å²) in [6.07, 6.45) is 1.48. The Morgan fingerprint density at radius 2 is 2.05 bits per heavy atom. The van der Waals surface area contributed by atoms with E-state index in [2.05, 4.69) is 17.1 Å². The summed E-state index contributed by atoms with van der Waals surface area (Å²) >= 11 is 0. The minimum absolute atomic E-state index is 0.183. The Morgan fingerprint density at radius 3 is 2.53 bits per heavy atom. The highest BCUT2D eigenvalue weighted by Crippen LogP contribution is 2.18. The van der Waals surface area contributed by atoms with Crippen molar-refractivity contribution in [3.63, 3.8) is 0 Å². The lowest BCUT2D eigenvalue weighted by molar-refractivity contribution is -0.145. The maximum absolute atomic E-state index is 11.5. The predicted octanol–water partition coefficient (Wildman–Crippen LogP) is 0.672. The summed E-state index contributed by atoms with van der Waals surface area (Å²) in [6, 6.07) is 0.183. The van der Waals surface area contributed by atoms with Crippen LogP contribution < -0.4 is 5.32 Å². The third kappa shape index (κ3) is 4.85. The molecule has 0 radical (unpaired) electrons. The van der Waals surface area contributed by atoms with Crippen LogP contribution in [0.2, 0.25) is 0 Å². The number of carboxylic acid groups (broad SMARTS) is 1. The van der Waals surface area contributed by atoms with Gasteiger partial charge in [0.25, 0.3) is 0 Å². The highest BCUT2D eigenvalue weighted by atomic mass is 32.2. The van der Waals surface area contributed by atoms with E-state index >= 15 is 0 Å². The van der Waals surface area contributed by atoms with Gasteiger partial charge in [0.1, 0.15) is 5.54 Å². The van der Waals surface area contributed by atoms with Gasteiger partial charge in [-0.3, -0.25) is 13.9 Å². The molecule has 1 rings (SSSR count). The second-order valence-electron chi connectivity index (χ2n) is 5.50. The van der Waals surface area contributed by atoms with Crippen LogP contribution in [-0.4, -0.2) is 62.9 Å². The molecule has 0 aromatic heterocycles. The molecule has 0 aromatic carbocycles. The first-order valence-electron chi connectivity index (χ1n) is 6.96. The molecular formula is C13H26N2O3S. The van der Waals surface area contributed by atoms with Crippen molar-refractivity contribution in [2.45, 2.75) is 45.2 Å². The molecule has 2 atom stereocenters. The second-order valence-corrected chi connectivity index (χ2v) is 7.20. The largest absolute Gasteiger partial charge is 0.480 e. The minimum Gasteiger partial charge on any atom is -0.480 e. The fourth-order valence-corrected chi connectivity index (χ4v) is 3.53. The van der Waals surface area contributed by atoms with Crippen molar-refractivity contribution in [2.24, 2.45) is 0 Å². The van der Waals surface area contributed by atoms with Gasteiger partial charge in [0, 0.05) is 41.4 Å². The molecule has 0 amide bonds. The maximum atomic E-state index is 11.5. The predicted molar refractivity (Wildman–Crippen MR) is 77.9 cm³/mol. The molecule has 1 heterocycles. The summed E-state index contributed by atoms with van der Waals surface area (Å²) in [5.41, 5.74) is -0.883. The third-order valence-corrected chi connectivity index (χ3v) is 5.05. The summed E-state index contributed by atoms with van der Waals surface area (Å²) in [4.78, 5) is 13.7. The normalized spacial score (nSPS) is 22.9. The highest BCUT2D eigenvalue weighted by Gasteiger charge is 2.35. The topological polar surface area (TPSA) is 69.6 Å². The van der Waals surface area contributed by atoms with Crippen molar-refractivity contribution in [2.75, 3.05) is 31.1 Å². The van der Waals surface area contributed by atoms with E-state index in [0.717, 1.165) is 19.5 Å². The first-order chi connectivity index (χ1) is 8.89. The van der Waals surface area contributed by atoms with E-state index in [0.29, 0.717) is 24.5 Å². The fourth-order valence-electron chi connectivity index (χ4n) is 2.45. The molecule has 0 aromatic rings. The monoisotopic (exact) mass is 290 g/mol. The van der Waals surface area contributed by atoms with E-state index in [-0.39, 0.29) is 6.04 Å². The van der Waals surface area contributed by atoms with Crippen LogP contribution in [0, 0.1) is 0 Å². The molecule has 0 saturated carbocycles. The van der Waals surface area contributed by atoms with Gasteiger partial charge in [-0.15, -0.1) is 0 Å². The van der Waals surface area contributed by atoms with E-state index in [1.165, 1.54) is 0 Å². The van der Waals surface area contributed by atoms with Gasteiger partial charge >= 0.3 is 5.97 Å². The zero-order valence-corrected chi connectivity index (χ0v) is 13.0. The molecule has 6 heteroatoms. The van der Waals surface area contributed by atoms with Gasteiger partial charge < -0.3 is 10.4 Å². The molecule has 2 N–H and O–H groups in total. The third-order valence-electron chi connectivity index (χ3n) is 3.78. The number of carbonyl (C=O) groups is 1. The van der Waals surface area contributed by atoms with Crippen LogP contribution in [-0.2, 0) is 15.6 Å². The fraction of sp³-hybridized carbons (Fsp3) is 0.923. The molecule has 1 fully saturated rings. The van der Waals surface area contributed by atoms with Crippen LogP contribution in [0.25, 0.3) is 0 Å². The zero-order chi connectivity index (χ0) is 14.5. The van der Waals surface area contributed by atoms with Crippen LogP contribution in [0.5, 0.6) is 0 Å². The first kappa shape index (κ1) is 16.6. The lowest BCUT2D eigenvalue weighted by atomic mass is 9.92. The summed E-state index contributed by atoms with van der Waals surface area (Å²) < 4.78 is 11.3. The molecule has 0 bridgehead atoms. The van der Waals surface area contributed by atoms with E-state index < -0.39 is 22.3 Å². The average molecular weight is 290 g/mol. The standard InChI is InChI=1S/C13H26N2O3S/c1-4-5-14-13(3,12(16)17)10-11(2)15-6-8-19(18)9-7-15/h11,14H,4-10H2,1-3H3,(H,16,17). The van der Waals surface area contributed by atoms with Gasteiger partial charge in [0.2, 0.25) is 0 Å². The smallest absolute Gasteiger partial charge is 0.323 e. The van der Waals surface area contributed by atoms with Crippen LogP contribution in [0.15, 0.2) is 0 Å². The Morgan fingerprint density at radius 1 is 1.47 bits per heavy atom. The summed E-state index contributed by atoms with van der Waals surface area (Å²) in [6.45, 7) is 8.15. The second kappa shape index (κ2) is 7.36. The molecule has 2 unspecified atom stereocenters. The maximum Gasteiger partial charge on any atom is 0.323 e. The van der Waals surface area contributed by atoms with Crippen molar-refractivity contribution >= 4 is 16.8 Å². The molecular weight excluding hydrogens is 264 g/mol. The molecule has 0 spiro atoms. The van der Waals surface area contributed by atoms with Gasteiger partial charge in [-0.1, -0.05) is 6.92 Å². The van der Waals surface area contributed by atoms with Crippen LogP contribution in [0.1, 0.15) is 33.6 Å². The molecule has 5 nitrogen and oxygen atoms in total. The average Bonchev–Trinajstić information content (AvgIpc) is 2.36. The van der Waals surface area contributed by atoms with Gasteiger partial charge in [-0.25, -0.2) is 0 Å². The van der Waals surface area contributed by atoms with Gasteiger partial charge in [0.15, 0.2) is 0 Å². The van der Waals surface area contributed by atoms with E-state index in [1.54, 1.807) is 6.92 Å². The van der Waals surface area contributed by atoms with Crippen LogP contribution in [0.3, 0.4) is 0 Å². The molecule has 112 valence electrons. The van der Waals surface area contributed by atoms with Crippen molar-refractivity contribution < 1.29 is 14.1 Å². The number of aliphatic carboxylic acids is 1. The van der Waals surface area contributed by atoms with E-state index in [9.17, 15) is 14.1 Å². The van der Waals surface area contributed by atoms with E-state index in [1.807, 2.05) is 6.92 Å².